The highest BCUT2D eigenvalue weighted by Gasteiger charge is 2.80. The number of aliphatic hydroxyl groups is 1. The lowest BCUT2D eigenvalue weighted by Gasteiger charge is -2.63. The van der Waals surface area contributed by atoms with Gasteiger partial charge in [-0.05, 0) is 82.1 Å². The minimum Gasteiger partial charge on any atom is -0.496 e. The maximum Gasteiger partial charge on any atom is 0.344 e. The molecule has 0 amide bonds. The number of methoxy groups -OCH3 is 3. The van der Waals surface area contributed by atoms with Crippen molar-refractivity contribution in [2.45, 2.75) is 119 Å². The Kier molecular flexibility index (Phi) is 11.4. The van der Waals surface area contributed by atoms with Gasteiger partial charge in [0.05, 0.1) is 40.5 Å². The molecule has 6 heterocycles. The van der Waals surface area contributed by atoms with E-state index in [-0.39, 0.29) is 12.0 Å². The number of rotatable bonds is 10. The number of fused-ring (bicyclic) bond motifs is 6. The number of quaternary nitrogens is 1. The van der Waals surface area contributed by atoms with Crippen LogP contribution in [0.1, 0.15) is 74.4 Å². The molecular formula is C55H71N4O9Si+. The second-order valence-electron chi connectivity index (χ2n) is 22.6. The highest BCUT2D eigenvalue weighted by atomic mass is 28.4. The number of aromatic nitrogens is 1. The van der Waals surface area contributed by atoms with Crippen molar-refractivity contribution in [1.82, 2.24) is 9.88 Å². The van der Waals surface area contributed by atoms with Crippen molar-refractivity contribution in [3.8, 4) is 5.75 Å². The van der Waals surface area contributed by atoms with Gasteiger partial charge in [0, 0.05) is 89.2 Å². The number of carbonyl (C=O) groups excluding carboxylic acids is 3. The number of para-hydroxylation sites is 1. The number of H-pyrrole nitrogens is 1. The molecule has 1 aliphatic carbocycles. The smallest absolute Gasteiger partial charge is 0.344 e. The molecule has 1 spiro atoms. The zero-order chi connectivity index (χ0) is 49.1. The summed E-state index contributed by atoms with van der Waals surface area (Å²) in [6.45, 7) is 17.1. The standard InChI is InChI=1S/C55H71N4O9Si/c1-11-52-23-17-25-58-26-24-53(46(52)58)40-28-41(44(64-5)29-43(40)57(4)47(53)55(63,50(62)66-7)48(52)67-35(2)60)54(49(61)65-6)31-37-30-51(3,68-69(8,9)10)34-59(33-37,32-36-18-13-12-14-19-36)27-22-39-38-20-15-16-21-42(38)56-45(39)54/h12-21,23,28-29,37,46-48,56,63H,11,22,24-27,30-34H2,1-10H3/q+1/t37-,46-,47+,48+,51-,52+,53+,54-,55-,59?/m0/s1. The van der Waals surface area contributed by atoms with Crippen LogP contribution in [0.15, 0.2) is 78.9 Å². The van der Waals surface area contributed by atoms with Gasteiger partial charge in [-0.25, -0.2) is 4.79 Å². The molecule has 368 valence electrons. The summed E-state index contributed by atoms with van der Waals surface area (Å²) >= 11 is 0. The Hall–Kier alpha value is -4.99. The summed E-state index contributed by atoms with van der Waals surface area (Å²) in [5, 5.41) is 14.6. The number of piperidine rings is 1. The van der Waals surface area contributed by atoms with E-state index in [1.807, 2.05) is 31.0 Å². The summed E-state index contributed by atoms with van der Waals surface area (Å²) in [5.41, 5.74) is 0.305. The molecule has 0 radical (unpaired) electrons. The van der Waals surface area contributed by atoms with Crippen molar-refractivity contribution in [1.29, 1.82) is 0 Å². The Labute approximate surface area is 407 Å². The van der Waals surface area contributed by atoms with Crippen LogP contribution in [0.2, 0.25) is 19.6 Å². The molecule has 10 atom stereocenters. The number of likely N-dealkylation sites (N-methyl/N-ethyl adjacent to an activating group) is 1. The van der Waals surface area contributed by atoms with Gasteiger partial charge in [0.1, 0.15) is 29.9 Å². The molecule has 13 nitrogen and oxygen atoms in total. The van der Waals surface area contributed by atoms with Crippen LogP contribution in [0.5, 0.6) is 5.75 Å². The molecule has 10 rings (SSSR count). The van der Waals surface area contributed by atoms with Crippen molar-refractivity contribution in [2.24, 2.45) is 11.3 Å². The maximum absolute atomic E-state index is 15.9. The van der Waals surface area contributed by atoms with E-state index in [4.69, 9.17) is 23.4 Å². The Morgan fingerprint density at radius 1 is 0.942 bits per heavy atom. The number of carbonyl (C=O) groups is 3. The minimum atomic E-state index is -2.31. The fourth-order valence-electron chi connectivity index (χ4n) is 15.9. The number of ether oxygens (including phenoxy) is 4. The van der Waals surface area contributed by atoms with Gasteiger partial charge in [0.25, 0.3) is 0 Å². The molecule has 1 aromatic heterocycles. The van der Waals surface area contributed by atoms with Crippen LogP contribution in [0.4, 0.5) is 5.69 Å². The van der Waals surface area contributed by atoms with Crippen LogP contribution in [-0.2, 0) is 56.8 Å². The van der Waals surface area contributed by atoms with Gasteiger partial charge in [0.15, 0.2) is 14.4 Å². The zero-order valence-electron chi connectivity index (χ0n) is 42.1. The predicted octanol–water partition coefficient (Wildman–Crippen LogP) is 7.18. The van der Waals surface area contributed by atoms with E-state index in [0.29, 0.717) is 50.1 Å². The quantitative estimate of drug-likeness (QED) is 0.0550. The number of hydrogen-bond acceptors (Lipinski definition) is 11. The topological polar surface area (TPSA) is 140 Å². The molecule has 6 aliphatic rings. The van der Waals surface area contributed by atoms with Crippen LogP contribution in [0, 0.1) is 11.3 Å². The Morgan fingerprint density at radius 2 is 1.67 bits per heavy atom. The normalized spacial score (nSPS) is 34.6. The number of hydrogen-bond donors (Lipinski definition) is 2. The average molecular weight is 960 g/mol. The average Bonchev–Trinajstić information content (AvgIpc) is 3.97. The van der Waals surface area contributed by atoms with Crippen molar-refractivity contribution < 1.29 is 47.3 Å². The summed E-state index contributed by atoms with van der Waals surface area (Å²) in [7, 11) is 4.22. The van der Waals surface area contributed by atoms with Gasteiger partial charge in [-0.1, -0.05) is 67.6 Å². The van der Waals surface area contributed by atoms with E-state index in [2.05, 4.69) is 103 Å². The van der Waals surface area contributed by atoms with E-state index in [0.717, 1.165) is 70.5 Å². The molecule has 2 saturated heterocycles. The third kappa shape index (κ3) is 6.93. The molecule has 1 saturated carbocycles. The van der Waals surface area contributed by atoms with Gasteiger partial charge in [0.2, 0.25) is 5.60 Å². The zero-order valence-corrected chi connectivity index (χ0v) is 43.1. The number of anilines is 1. The number of nitrogens with zero attached hydrogens (tertiary/aromatic N) is 3. The molecule has 1 unspecified atom stereocenters. The number of nitrogens with one attached hydrogen (secondary N) is 1. The first-order valence-corrected chi connectivity index (χ1v) is 28.3. The van der Waals surface area contributed by atoms with Crippen LogP contribution < -0.4 is 9.64 Å². The lowest BCUT2D eigenvalue weighted by atomic mass is 9.47. The van der Waals surface area contributed by atoms with E-state index in [1.165, 1.54) is 26.7 Å². The highest BCUT2D eigenvalue weighted by Crippen LogP contribution is 2.68. The molecule has 2 N–H and O–H groups in total. The monoisotopic (exact) mass is 959 g/mol. The minimum absolute atomic E-state index is 0.0198. The van der Waals surface area contributed by atoms with Crippen molar-refractivity contribution in [3.05, 3.63) is 107 Å². The molecule has 69 heavy (non-hydrogen) atoms. The van der Waals surface area contributed by atoms with E-state index in [9.17, 15) is 14.7 Å². The van der Waals surface area contributed by atoms with Crippen LogP contribution in [-0.4, -0.2) is 136 Å². The predicted molar refractivity (Wildman–Crippen MR) is 267 cm³/mol. The van der Waals surface area contributed by atoms with Crippen molar-refractivity contribution in [3.63, 3.8) is 0 Å². The van der Waals surface area contributed by atoms with E-state index in [1.54, 1.807) is 7.11 Å². The van der Waals surface area contributed by atoms with Crippen LogP contribution in [0.3, 0.4) is 0 Å². The molecule has 5 aliphatic heterocycles. The van der Waals surface area contributed by atoms with Gasteiger partial charge >= 0.3 is 17.9 Å². The fourth-order valence-corrected chi connectivity index (χ4v) is 17.5. The number of aromatic amines is 1. The van der Waals surface area contributed by atoms with Gasteiger partial charge < -0.3 is 42.8 Å². The third-order valence-electron chi connectivity index (χ3n) is 17.3. The number of esters is 3. The third-order valence-corrected chi connectivity index (χ3v) is 18.5. The summed E-state index contributed by atoms with van der Waals surface area (Å²) in [4.78, 5) is 52.0. The Morgan fingerprint density at radius 3 is 2.35 bits per heavy atom. The molecule has 2 bridgehead atoms. The van der Waals surface area contributed by atoms with E-state index < -0.39 is 65.8 Å². The second kappa shape index (κ2) is 16.5. The van der Waals surface area contributed by atoms with Crippen LogP contribution >= 0.6 is 0 Å². The molecule has 14 heteroatoms. The fraction of sp³-hybridized carbons (Fsp3) is 0.545. The van der Waals surface area contributed by atoms with E-state index >= 15 is 4.79 Å². The summed E-state index contributed by atoms with van der Waals surface area (Å²) < 4.78 is 32.6. The Bertz CT molecular complexity index is 2740. The highest BCUT2D eigenvalue weighted by molar-refractivity contribution is 6.69. The van der Waals surface area contributed by atoms with Gasteiger partial charge in [-0.15, -0.1) is 0 Å². The van der Waals surface area contributed by atoms with Crippen LogP contribution in [0.25, 0.3) is 10.9 Å². The Balaban J connectivity index is 1.26. The summed E-state index contributed by atoms with van der Waals surface area (Å²) in [5.74, 6) is -1.38. The van der Waals surface area contributed by atoms with Gasteiger partial charge in [-0.2, -0.15) is 0 Å². The molecule has 3 fully saturated rings. The van der Waals surface area contributed by atoms with Crippen molar-refractivity contribution in [2.75, 3.05) is 66.0 Å². The lowest BCUT2D eigenvalue weighted by molar-refractivity contribution is -0.954. The van der Waals surface area contributed by atoms with Crippen molar-refractivity contribution >= 4 is 42.8 Å². The molecule has 4 aromatic rings. The largest absolute Gasteiger partial charge is 0.496 e. The lowest BCUT2D eigenvalue weighted by Crippen LogP contribution is -2.81. The summed E-state index contributed by atoms with van der Waals surface area (Å²) in [6, 6.07) is 22.1. The summed E-state index contributed by atoms with van der Waals surface area (Å²) in [6.07, 6.45) is 5.77. The SMILES string of the molecule is CC[C@]12C=CCN3CC[C@@]4(c5cc([C@@]6(C(=O)OC)C[C@@H]7C[C@](C)(O[Si](C)(C)C)C[N+](Cc8ccccc8)(CCc8c6[nH]c6ccccc86)C7)c(OC)cc5N(C)[C@H]4[C@@](O)(C(=O)OC)[C@@H]1OC(C)=O)[C@@H]32. The molecular weight excluding hydrogens is 889 g/mol. The first-order chi connectivity index (χ1) is 32.8. The molecule has 3 aromatic carbocycles. The maximum atomic E-state index is 15.9. The first-order valence-electron chi connectivity index (χ1n) is 24.9. The van der Waals surface area contributed by atoms with Gasteiger partial charge in [-0.3, -0.25) is 14.5 Å². The first kappa shape index (κ1) is 47.7. The second-order valence-corrected chi connectivity index (χ2v) is 27.0. The number of benzene rings is 3.